The summed E-state index contributed by atoms with van der Waals surface area (Å²) in [6.45, 7) is 3.15. The van der Waals surface area contributed by atoms with Crippen molar-refractivity contribution in [1.82, 2.24) is 5.32 Å². The van der Waals surface area contributed by atoms with E-state index in [1.54, 1.807) is 0 Å². The summed E-state index contributed by atoms with van der Waals surface area (Å²) in [6, 6.07) is 0.144. The zero-order valence-corrected chi connectivity index (χ0v) is 5.05. The van der Waals surface area contributed by atoms with E-state index in [-0.39, 0.29) is 6.04 Å². The number of rotatable bonds is 1. The van der Waals surface area contributed by atoms with E-state index < -0.39 is 0 Å². The molecule has 2 heteroatoms. The average molecular weight is 113 g/mol. The minimum absolute atomic E-state index is 0.144. The largest absolute Gasteiger partial charge is 0.307 e. The first kappa shape index (κ1) is 5.76. The third-order valence-corrected chi connectivity index (χ3v) is 1.55. The second-order valence-corrected chi connectivity index (χ2v) is 2.49. The molecule has 1 aliphatic heterocycles. The van der Waals surface area contributed by atoms with E-state index in [0.29, 0.717) is 5.92 Å². The van der Waals surface area contributed by atoms with E-state index in [0.717, 1.165) is 19.3 Å². The zero-order valence-electron chi connectivity index (χ0n) is 5.05. The predicted octanol–water partition coefficient (Wildman–Crippen LogP) is 0.183. The summed E-state index contributed by atoms with van der Waals surface area (Å²) in [5, 5.41) is 3.09. The number of carbonyl (C=O) groups excluding carboxylic acids is 1. The Bertz CT molecular complexity index is 92.5. The topological polar surface area (TPSA) is 29.1 Å². The molecule has 2 atom stereocenters. The molecule has 1 heterocycles. The summed E-state index contributed by atoms with van der Waals surface area (Å²) < 4.78 is 0. The van der Waals surface area contributed by atoms with Crippen LogP contribution in [-0.4, -0.2) is 18.9 Å². The average Bonchev–Trinajstić information content (AvgIpc) is 2.14. The van der Waals surface area contributed by atoms with Crippen molar-refractivity contribution < 1.29 is 4.79 Å². The lowest BCUT2D eigenvalue weighted by atomic mass is 10.1. The molecule has 1 saturated heterocycles. The van der Waals surface area contributed by atoms with E-state index >= 15 is 0 Å². The number of hydrogen-bond donors (Lipinski definition) is 1. The maximum atomic E-state index is 10.1. The van der Waals surface area contributed by atoms with E-state index in [9.17, 15) is 4.79 Å². The monoisotopic (exact) mass is 113 g/mol. The summed E-state index contributed by atoms with van der Waals surface area (Å²) in [6.07, 6.45) is 2.01. The van der Waals surface area contributed by atoms with Crippen LogP contribution in [0.4, 0.5) is 0 Å². The second kappa shape index (κ2) is 2.27. The zero-order chi connectivity index (χ0) is 5.98. The molecule has 0 radical (unpaired) electrons. The molecule has 2 nitrogen and oxygen atoms in total. The van der Waals surface area contributed by atoms with Gasteiger partial charge in [0, 0.05) is 0 Å². The first-order valence-corrected chi connectivity index (χ1v) is 3.01. The summed E-state index contributed by atoms with van der Waals surface area (Å²) >= 11 is 0. The van der Waals surface area contributed by atoms with Gasteiger partial charge in [0.1, 0.15) is 6.29 Å². The molecule has 0 bridgehead atoms. The van der Waals surface area contributed by atoms with Gasteiger partial charge in [-0.05, 0) is 18.9 Å². The Morgan fingerprint density at radius 1 is 1.75 bits per heavy atom. The smallest absolute Gasteiger partial charge is 0.136 e. The Kier molecular flexibility index (Phi) is 1.63. The lowest BCUT2D eigenvalue weighted by Gasteiger charge is -1.94. The summed E-state index contributed by atoms with van der Waals surface area (Å²) in [7, 11) is 0. The summed E-state index contributed by atoms with van der Waals surface area (Å²) in [4.78, 5) is 10.1. The van der Waals surface area contributed by atoms with Crippen molar-refractivity contribution in [3.63, 3.8) is 0 Å². The highest BCUT2D eigenvalue weighted by Gasteiger charge is 2.18. The SMILES string of the molecule is CC1CN[C@@H](C=O)C1. The van der Waals surface area contributed by atoms with Crippen molar-refractivity contribution in [3.8, 4) is 0 Å². The molecule has 0 aromatic rings. The third kappa shape index (κ3) is 1.07. The van der Waals surface area contributed by atoms with Crippen LogP contribution in [0, 0.1) is 5.92 Å². The molecule has 0 aliphatic carbocycles. The minimum Gasteiger partial charge on any atom is -0.307 e. The second-order valence-electron chi connectivity index (χ2n) is 2.49. The molecule has 0 amide bonds. The Balaban J connectivity index is 2.32. The lowest BCUT2D eigenvalue weighted by Crippen LogP contribution is -2.22. The highest BCUT2D eigenvalue weighted by molar-refractivity contribution is 5.58. The van der Waals surface area contributed by atoms with Gasteiger partial charge in [-0.25, -0.2) is 0 Å². The van der Waals surface area contributed by atoms with Gasteiger partial charge in [0.2, 0.25) is 0 Å². The number of aldehydes is 1. The van der Waals surface area contributed by atoms with Crippen molar-refractivity contribution in [3.05, 3.63) is 0 Å². The lowest BCUT2D eigenvalue weighted by molar-refractivity contribution is -0.109. The van der Waals surface area contributed by atoms with Crippen LogP contribution in [0.5, 0.6) is 0 Å². The maximum Gasteiger partial charge on any atom is 0.136 e. The van der Waals surface area contributed by atoms with Crippen molar-refractivity contribution >= 4 is 6.29 Å². The Labute approximate surface area is 49.3 Å². The van der Waals surface area contributed by atoms with Gasteiger partial charge < -0.3 is 10.1 Å². The van der Waals surface area contributed by atoms with Crippen LogP contribution >= 0.6 is 0 Å². The molecule has 1 aliphatic rings. The molecule has 1 fully saturated rings. The fourth-order valence-electron chi connectivity index (χ4n) is 1.06. The van der Waals surface area contributed by atoms with Gasteiger partial charge >= 0.3 is 0 Å². The van der Waals surface area contributed by atoms with Gasteiger partial charge in [0.15, 0.2) is 0 Å². The molecule has 0 saturated carbocycles. The van der Waals surface area contributed by atoms with Crippen LogP contribution in [0.25, 0.3) is 0 Å². The van der Waals surface area contributed by atoms with Crippen molar-refractivity contribution in [1.29, 1.82) is 0 Å². The number of carbonyl (C=O) groups is 1. The van der Waals surface area contributed by atoms with Crippen LogP contribution in [0.15, 0.2) is 0 Å². The van der Waals surface area contributed by atoms with Gasteiger partial charge in [-0.15, -0.1) is 0 Å². The predicted molar refractivity (Wildman–Crippen MR) is 31.6 cm³/mol. The van der Waals surface area contributed by atoms with Crippen LogP contribution < -0.4 is 5.32 Å². The molecule has 0 aromatic heterocycles. The number of hydrogen-bond acceptors (Lipinski definition) is 2. The molecule has 1 N–H and O–H groups in total. The summed E-state index contributed by atoms with van der Waals surface area (Å²) in [5.74, 6) is 0.685. The Hall–Kier alpha value is -0.370. The molecular formula is C6H11NO. The highest BCUT2D eigenvalue weighted by Crippen LogP contribution is 2.09. The third-order valence-electron chi connectivity index (χ3n) is 1.55. The maximum absolute atomic E-state index is 10.1. The van der Waals surface area contributed by atoms with Gasteiger partial charge in [-0.3, -0.25) is 0 Å². The highest BCUT2D eigenvalue weighted by atomic mass is 16.1. The minimum atomic E-state index is 0.144. The van der Waals surface area contributed by atoms with Crippen LogP contribution in [0.2, 0.25) is 0 Å². The molecule has 0 spiro atoms. The van der Waals surface area contributed by atoms with E-state index in [2.05, 4.69) is 12.2 Å². The van der Waals surface area contributed by atoms with Gasteiger partial charge in [-0.2, -0.15) is 0 Å². The molecule has 8 heavy (non-hydrogen) atoms. The molecule has 1 rings (SSSR count). The van der Waals surface area contributed by atoms with Gasteiger partial charge in [-0.1, -0.05) is 6.92 Å². The molecular weight excluding hydrogens is 102 g/mol. The Morgan fingerprint density at radius 3 is 2.75 bits per heavy atom. The molecule has 1 unspecified atom stereocenters. The first-order chi connectivity index (χ1) is 3.83. The number of nitrogens with one attached hydrogen (secondary N) is 1. The van der Waals surface area contributed by atoms with Gasteiger partial charge in [0.25, 0.3) is 0 Å². The van der Waals surface area contributed by atoms with Crippen molar-refractivity contribution in [2.45, 2.75) is 19.4 Å². The van der Waals surface area contributed by atoms with Crippen molar-refractivity contribution in [2.24, 2.45) is 5.92 Å². The van der Waals surface area contributed by atoms with E-state index in [1.807, 2.05) is 0 Å². The van der Waals surface area contributed by atoms with E-state index in [4.69, 9.17) is 0 Å². The Morgan fingerprint density at radius 2 is 2.50 bits per heavy atom. The molecule has 0 aromatic carbocycles. The molecule has 46 valence electrons. The van der Waals surface area contributed by atoms with Gasteiger partial charge in [0.05, 0.1) is 6.04 Å². The fraction of sp³-hybridized carbons (Fsp3) is 0.833. The van der Waals surface area contributed by atoms with Crippen molar-refractivity contribution in [2.75, 3.05) is 6.54 Å². The first-order valence-electron chi connectivity index (χ1n) is 3.01. The van der Waals surface area contributed by atoms with E-state index in [1.165, 1.54) is 0 Å². The van der Waals surface area contributed by atoms with Crippen LogP contribution in [0.3, 0.4) is 0 Å². The quantitative estimate of drug-likeness (QED) is 0.491. The standard InChI is InChI=1S/C6H11NO/c1-5-2-6(4-8)7-3-5/h4-7H,2-3H2,1H3/t5?,6-/m1/s1. The van der Waals surface area contributed by atoms with Crippen LogP contribution in [-0.2, 0) is 4.79 Å². The van der Waals surface area contributed by atoms with Crippen LogP contribution in [0.1, 0.15) is 13.3 Å². The normalized spacial score (nSPS) is 37.6. The fourth-order valence-corrected chi connectivity index (χ4v) is 1.06. The summed E-state index contributed by atoms with van der Waals surface area (Å²) in [5.41, 5.74) is 0.